The topological polar surface area (TPSA) is 27.6 Å². The van der Waals surface area contributed by atoms with Crippen molar-refractivity contribution in [2.75, 3.05) is 26.2 Å². The van der Waals surface area contributed by atoms with E-state index in [1.165, 1.54) is 38.8 Å². The van der Waals surface area contributed by atoms with Gasteiger partial charge in [0.1, 0.15) is 0 Å². The number of nitrogens with one attached hydrogen (secondary N) is 1. The molecule has 3 nitrogen and oxygen atoms in total. The van der Waals surface area contributed by atoms with Gasteiger partial charge in [0.25, 0.3) is 0 Å². The normalized spacial score (nSPS) is 26.5. The van der Waals surface area contributed by atoms with Gasteiger partial charge in [-0.2, -0.15) is 0 Å². The molecule has 4 heteroatoms. The first kappa shape index (κ1) is 17.8. The van der Waals surface area contributed by atoms with Crippen molar-refractivity contribution in [3.05, 3.63) is 12.2 Å². The first-order valence-electron chi connectivity index (χ1n) is 7.99. The summed E-state index contributed by atoms with van der Waals surface area (Å²) in [5.41, 5.74) is 0. The van der Waals surface area contributed by atoms with Crippen molar-refractivity contribution in [2.45, 2.75) is 46.0 Å². The van der Waals surface area contributed by atoms with Crippen LogP contribution >= 0.6 is 24.0 Å². The van der Waals surface area contributed by atoms with E-state index in [0.29, 0.717) is 0 Å². The summed E-state index contributed by atoms with van der Waals surface area (Å²) in [6, 6.07) is 0. The summed E-state index contributed by atoms with van der Waals surface area (Å²) in [4.78, 5) is 7.27. The van der Waals surface area contributed by atoms with Crippen molar-refractivity contribution in [3.8, 4) is 0 Å². The highest BCUT2D eigenvalue weighted by Gasteiger charge is 2.35. The molecule has 1 aliphatic heterocycles. The van der Waals surface area contributed by atoms with Gasteiger partial charge in [-0.15, -0.1) is 24.0 Å². The monoisotopic (exact) mass is 391 g/mol. The van der Waals surface area contributed by atoms with Gasteiger partial charge < -0.3 is 10.2 Å². The van der Waals surface area contributed by atoms with Crippen molar-refractivity contribution < 1.29 is 0 Å². The molecule has 0 aromatic rings. The highest BCUT2D eigenvalue weighted by atomic mass is 127. The van der Waals surface area contributed by atoms with Crippen molar-refractivity contribution in [2.24, 2.45) is 16.8 Å². The second-order valence-electron chi connectivity index (χ2n) is 5.80. The Morgan fingerprint density at radius 2 is 1.90 bits per heavy atom. The first-order chi connectivity index (χ1) is 9.35. The largest absolute Gasteiger partial charge is 0.357 e. The molecule has 2 unspecified atom stereocenters. The van der Waals surface area contributed by atoms with Gasteiger partial charge in [0, 0.05) is 26.2 Å². The molecule has 116 valence electrons. The van der Waals surface area contributed by atoms with Crippen LogP contribution in [0.1, 0.15) is 46.0 Å². The molecule has 1 heterocycles. The van der Waals surface area contributed by atoms with E-state index in [4.69, 9.17) is 4.99 Å². The molecular weight excluding hydrogens is 361 g/mol. The minimum atomic E-state index is 0. The Morgan fingerprint density at radius 3 is 2.45 bits per heavy atom. The van der Waals surface area contributed by atoms with Crippen LogP contribution in [-0.2, 0) is 0 Å². The van der Waals surface area contributed by atoms with Crippen LogP contribution in [0, 0.1) is 11.8 Å². The van der Waals surface area contributed by atoms with E-state index in [1.54, 1.807) is 0 Å². The molecule has 0 aromatic heterocycles. The average molecular weight is 391 g/mol. The van der Waals surface area contributed by atoms with Crippen LogP contribution in [0.2, 0.25) is 0 Å². The van der Waals surface area contributed by atoms with Crippen molar-refractivity contribution in [3.63, 3.8) is 0 Å². The lowest BCUT2D eigenvalue weighted by Crippen LogP contribution is -2.40. The molecule has 2 fully saturated rings. The third kappa shape index (κ3) is 4.93. The molecule has 1 aliphatic carbocycles. The fraction of sp³-hybridized carbons (Fsp3) is 0.812. The molecule has 2 aliphatic rings. The molecule has 0 radical (unpaired) electrons. The lowest BCUT2D eigenvalue weighted by atomic mass is 9.82. The Labute approximate surface area is 141 Å². The second kappa shape index (κ2) is 9.64. The van der Waals surface area contributed by atoms with Gasteiger partial charge in [-0.1, -0.05) is 25.0 Å². The molecule has 0 amide bonds. The molecule has 0 spiro atoms. The Morgan fingerprint density at radius 1 is 1.25 bits per heavy atom. The summed E-state index contributed by atoms with van der Waals surface area (Å²) in [5.74, 6) is 2.99. The van der Waals surface area contributed by atoms with E-state index in [2.05, 4.69) is 36.2 Å². The lowest BCUT2D eigenvalue weighted by Gasteiger charge is -2.22. The third-order valence-electron chi connectivity index (χ3n) is 4.40. The van der Waals surface area contributed by atoms with Crippen molar-refractivity contribution >= 4 is 29.9 Å². The highest BCUT2D eigenvalue weighted by Crippen LogP contribution is 2.35. The predicted molar refractivity (Wildman–Crippen MR) is 97.8 cm³/mol. The molecule has 1 N–H and O–H groups in total. The van der Waals surface area contributed by atoms with Gasteiger partial charge >= 0.3 is 0 Å². The van der Waals surface area contributed by atoms with Crippen LogP contribution in [0.25, 0.3) is 0 Å². The molecule has 0 bridgehead atoms. The first-order valence-corrected chi connectivity index (χ1v) is 7.99. The Balaban J connectivity index is 0.00000200. The standard InChI is InChI=1S/C16H29N3.HI/c1-3-5-8-11-18-16(17-4-2)19-12-14-9-6-7-10-15(14)13-19;/h3,5,14-15H,4,6-13H2,1-2H3,(H,17,18);1H/b5-3+;. The number of nitrogens with zero attached hydrogens (tertiary/aromatic N) is 2. The van der Waals surface area contributed by atoms with E-state index >= 15 is 0 Å². The Hall–Kier alpha value is -0.260. The molecule has 0 aromatic carbocycles. The summed E-state index contributed by atoms with van der Waals surface area (Å²) < 4.78 is 0. The lowest BCUT2D eigenvalue weighted by molar-refractivity contribution is 0.299. The number of rotatable bonds is 4. The van der Waals surface area contributed by atoms with Gasteiger partial charge in [0.15, 0.2) is 5.96 Å². The van der Waals surface area contributed by atoms with Crippen LogP contribution in [0.5, 0.6) is 0 Å². The number of hydrogen-bond acceptors (Lipinski definition) is 1. The predicted octanol–water partition coefficient (Wildman–Crippen LogP) is 3.66. The van der Waals surface area contributed by atoms with Gasteiger partial charge in [0.2, 0.25) is 0 Å². The van der Waals surface area contributed by atoms with E-state index in [-0.39, 0.29) is 24.0 Å². The maximum Gasteiger partial charge on any atom is 0.193 e. The SMILES string of the molecule is C/C=C/CCN=C(NCC)N1CC2CCCCC2C1.I. The number of fused-ring (bicyclic) bond motifs is 1. The maximum absolute atomic E-state index is 4.77. The van der Waals surface area contributed by atoms with E-state index in [1.807, 2.05) is 0 Å². The van der Waals surface area contributed by atoms with Gasteiger partial charge in [0.05, 0.1) is 0 Å². The summed E-state index contributed by atoms with van der Waals surface area (Å²) in [6.07, 6.45) is 11.1. The summed E-state index contributed by atoms with van der Waals surface area (Å²) >= 11 is 0. The number of likely N-dealkylation sites (tertiary alicyclic amines) is 1. The van der Waals surface area contributed by atoms with E-state index in [0.717, 1.165) is 37.3 Å². The molecule has 2 rings (SSSR count). The fourth-order valence-electron chi connectivity index (χ4n) is 3.42. The van der Waals surface area contributed by atoms with Crippen molar-refractivity contribution in [1.82, 2.24) is 10.2 Å². The zero-order valence-corrected chi connectivity index (χ0v) is 15.3. The highest BCUT2D eigenvalue weighted by molar-refractivity contribution is 14.0. The number of halogens is 1. The van der Waals surface area contributed by atoms with Crippen molar-refractivity contribution in [1.29, 1.82) is 0 Å². The van der Waals surface area contributed by atoms with Crippen LogP contribution in [0.3, 0.4) is 0 Å². The quantitative estimate of drug-likeness (QED) is 0.260. The molecule has 20 heavy (non-hydrogen) atoms. The van der Waals surface area contributed by atoms with Crippen LogP contribution in [0.15, 0.2) is 17.1 Å². The summed E-state index contributed by atoms with van der Waals surface area (Å²) in [6.45, 7) is 8.54. The number of allylic oxidation sites excluding steroid dienone is 1. The average Bonchev–Trinajstić information content (AvgIpc) is 2.86. The second-order valence-corrected chi connectivity index (χ2v) is 5.80. The molecule has 1 saturated heterocycles. The molecule has 2 atom stereocenters. The number of guanidine groups is 1. The molecular formula is C16H30IN3. The van der Waals surface area contributed by atoms with E-state index < -0.39 is 0 Å². The fourth-order valence-corrected chi connectivity index (χ4v) is 3.42. The minimum absolute atomic E-state index is 0. The summed E-state index contributed by atoms with van der Waals surface area (Å²) in [7, 11) is 0. The Bertz CT molecular complexity index is 314. The van der Waals surface area contributed by atoms with E-state index in [9.17, 15) is 0 Å². The van der Waals surface area contributed by atoms with Crippen LogP contribution < -0.4 is 5.32 Å². The smallest absolute Gasteiger partial charge is 0.193 e. The van der Waals surface area contributed by atoms with Gasteiger partial charge in [-0.25, -0.2) is 0 Å². The zero-order chi connectivity index (χ0) is 13.5. The van der Waals surface area contributed by atoms with Crippen LogP contribution in [-0.4, -0.2) is 37.0 Å². The number of aliphatic imine (C=N–C) groups is 1. The number of hydrogen-bond donors (Lipinski definition) is 1. The van der Waals surface area contributed by atoms with Crippen LogP contribution in [0.4, 0.5) is 0 Å². The Kier molecular flexibility index (Phi) is 8.57. The molecule has 1 saturated carbocycles. The third-order valence-corrected chi connectivity index (χ3v) is 4.40. The minimum Gasteiger partial charge on any atom is -0.357 e. The van der Waals surface area contributed by atoms with Gasteiger partial charge in [-0.05, 0) is 44.9 Å². The van der Waals surface area contributed by atoms with Gasteiger partial charge in [-0.3, -0.25) is 4.99 Å². The maximum atomic E-state index is 4.77. The zero-order valence-electron chi connectivity index (χ0n) is 13.0. The summed E-state index contributed by atoms with van der Waals surface area (Å²) in [5, 5.41) is 3.46.